The van der Waals surface area contributed by atoms with Gasteiger partial charge in [-0.05, 0) is 37.2 Å². The lowest BCUT2D eigenvalue weighted by Crippen LogP contribution is -2.10. The van der Waals surface area contributed by atoms with Crippen molar-refractivity contribution in [2.45, 2.75) is 38.0 Å². The van der Waals surface area contributed by atoms with E-state index in [0.29, 0.717) is 27.9 Å². The average Bonchev–Trinajstić information content (AvgIpc) is 3.06. The van der Waals surface area contributed by atoms with E-state index in [0.717, 1.165) is 24.2 Å². The highest BCUT2D eigenvalue weighted by molar-refractivity contribution is 7.71. The summed E-state index contributed by atoms with van der Waals surface area (Å²) in [6.07, 6.45) is 7.71. The summed E-state index contributed by atoms with van der Waals surface area (Å²) < 4.78 is 18.3. The Labute approximate surface area is 158 Å². The summed E-state index contributed by atoms with van der Waals surface area (Å²) in [7, 11) is 4.76. The summed E-state index contributed by atoms with van der Waals surface area (Å²) in [6.45, 7) is 0. The summed E-state index contributed by atoms with van der Waals surface area (Å²) in [5.41, 5.74) is 0.817. The number of H-pyrrole nitrogens is 1. The smallest absolute Gasteiger partial charge is 0.216 e. The van der Waals surface area contributed by atoms with E-state index in [1.54, 1.807) is 32.2 Å². The molecular formula is C18H24N4O3S. The Balaban J connectivity index is 1.93. The van der Waals surface area contributed by atoms with Crippen LogP contribution in [-0.4, -0.2) is 42.4 Å². The highest BCUT2D eigenvalue weighted by Crippen LogP contribution is 2.38. The van der Waals surface area contributed by atoms with E-state index in [2.05, 4.69) is 15.3 Å². The Morgan fingerprint density at radius 2 is 1.77 bits per heavy atom. The molecule has 8 heteroatoms. The number of methoxy groups -OCH3 is 3. The molecule has 0 unspecified atom stereocenters. The molecule has 1 aromatic carbocycles. The Hall–Kier alpha value is -2.35. The predicted molar refractivity (Wildman–Crippen MR) is 102 cm³/mol. The fourth-order valence-electron chi connectivity index (χ4n) is 3.34. The van der Waals surface area contributed by atoms with Gasteiger partial charge in [-0.1, -0.05) is 19.3 Å². The van der Waals surface area contributed by atoms with Gasteiger partial charge in [0.15, 0.2) is 17.3 Å². The van der Waals surface area contributed by atoms with Crippen molar-refractivity contribution in [3.8, 4) is 17.2 Å². The van der Waals surface area contributed by atoms with Gasteiger partial charge in [-0.25, -0.2) is 0 Å². The van der Waals surface area contributed by atoms with E-state index in [4.69, 9.17) is 26.4 Å². The average molecular weight is 376 g/mol. The topological polar surface area (TPSA) is 73.7 Å². The number of aromatic nitrogens is 3. The molecule has 1 saturated carbocycles. The number of benzene rings is 1. The molecule has 0 atom stereocenters. The Bertz CT molecular complexity index is 812. The maximum absolute atomic E-state index is 5.39. The van der Waals surface area contributed by atoms with Gasteiger partial charge < -0.3 is 14.2 Å². The largest absolute Gasteiger partial charge is 0.493 e. The standard InChI is InChI=1S/C18H24N4O3S/c1-23-14-9-12(10-15(24-2)16(14)25-3)11-19-22-17(20-21-18(22)26)13-7-5-4-6-8-13/h9-11,13H,4-8H2,1-3H3,(H,21,26)/b19-11-. The van der Waals surface area contributed by atoms with Crippen molar-refractivity contribution < 1.29 is 14.2 Å². The van der Waals surface area contributed by atoms with Gasteiger partial charge in [-0.15, -0.1) is 0 Å². The molecule has 3 rings (SSSR count). The predicted octanol–water partition coefficient (Wildman–Crippen LogP) is 3.90. The zero-order valence-electron chi connectivity index (χ0n) is 15.3. The Morgan fingerprint density at radius 3 is 2.35 bits per heavy atom. The molecule has 0 aliphatic heterocycles. The lowest BCUT2D eigenvalue weighted by atomic mass is 9.89. The highest BCUT2D eigenvalue weighted by Gasteiger charge is 2.21. The summed E-state index contributed by atoms with van der Waals surface area (Å²) in [6, 6.07) is 3.68. The summed E-state index contributed by atoms with van der Waals surface area (Å²) in [5.74, 6) is 3.01. The lowest BCUT2D eigenvalue weighted by Gasteiger charge is -2.19. The van der Waals surface area contributed by atoms with E-state index < -0.39 is 0 Å². The first-order valence-corrected chi connectivity index (χ1v) is 9.10. The van der Waals surface area contributed by atoms with Crippen LogP contribution in [0.3, 0.4) is 0 Å². The maximum Gasteiger partial charge on any atom is 0.216 e. The molecule has 0 bridgehead atoms. The minimum absolute atomic E-state index is 0.397. The van der Waals surface area contributed by atoms with Gasteiger partial charge in [0.2, 0.25) is 10.5 Å². The van der Waals surface area contributed by atoms with Gasteiger partial charge in [0.25, 0.3) is 0 Å². The second-order valence-corrected chi connectivity index (χ2v) is 6.62. The van der Waals surface area contributed by atoms with Crippen LogP contribution < -0.4 is 14.2 Å². The number of aromatic amines is 1. The van der Waals surface area contributed by atoms with Crippen molar-refractivity contribution in [1.29, 1.82) is 0 Å². The summed E-state index contributed by atoms with van der Waals surface area (Å²) >= 11 is 5.36. The minimum atomic E-state index is 0.397. The first kappa shape index (κ1) is 18.4. The summed E-state index contributed by atoms with van der Waals surface area (Å²) in [5, 5.41) is 11.8. The van der Waals surface area contributed by atoms with Crippen molar-refractivity contribution in [3.05, 3.63) is 28.3 Å². The molecule has 1 fully saturated rings. The maximum atomic E-state index is 5.39. The first-order valence-electron chi connectivity index (χ1n) is 8.69. The second kappa shape index (κ2) is 8.35. The van der Waals surface area contributed by atoms with E-state index in [9.17, 15) is 0 Å². The molecule has 7 nitrogen and oxygen atoms in total. The molecule has 1 N–H and O–H groups in total. The SMILES string of the molecule is COc1cc(/C=N\n2c(C3CCCCC3)n[nH]c2=S)cc(OC)c1OC. The van der Waals surface area contributed by atoms with Crippen molar-refractivity contribution in [1.82, 2.24) is 14.9 Å². The molecule has 1 aliphatic carbocycles. The first-order chi connectivity index (χ1) is 12.7. The number of nitrogens with zero attached hydrogens (tertiary/aromatic N) is 3. The van der Waals surface area contributed by atoms with Crippen LogP contribution in [-0.2, 0) is 0 Å². The fraction of sp³-hybridized carbons (Fsp3) is 0.500. The zero-order chi connectivity index (χ0) is 18.5. The van der Waals surface area contributed by atoms with Crippen molar-refractivity contribution in [2.24, 2.45) is 5.10 Å². The number of hydrogen-bond acceptors (Lipinski definition) is 6. The van der Waals surface area contributed by atoms with Crippen molar-refractivity contribution in [3.63, 3.8) is 0 Å². The van der Waals surface area contributed by atoms with Crippen LogP contribution in [0.2, 0.25) is 0 Å². The van der Waals surface area contributed by atoms with Crippen LogP contribution in [0.4, 0.5) is 0 Å². The molecule has 0 radical (unpaired) electrons. The third-order valence-electron chi connectivity index (χ3n) is 4.66. The van der Waals surface area contributed by atoms with Crippen LogP contribution in [0.1, 0.15) is 49.4 Å². The second-order valence-electron chi connectivity index (χ2n) is 6.24. The number of rotatable bonds is 6. The van der Waals surface area contributed by atoms with Gasteiger partial charge in [-0.2, -0.15) is 14.9 Å². The molecule has 1 aromatic heterocycles. The molecule has 0 amide bonds. The minimum Gasteiger partial charge on any atom is -0.493 e. The molecule has 140 valence electrons. The third kappa shape index (κ3) is 3.75. The van der Waals surface area contributed by atoms with Crippen LogP contribution in [0.15, 0.2) is 17.2 Å². The number of ether oxygens (including phenoxy) is 3. The van der Waals surface area contributed by atoms with E-state index in [-0.39, 0.29) is 0 Å². The highest BCUT2D eigenvalue weighted by atomic mass is 32.1. The van der Waals surface area contributed by atoms with Crippen molar-refractivity contribution >= 4 is 18.4 Å². The van der Waals surface area contributed by atoms with Crippen LogP contribution in [0.5, 0.6) is 17.2 Å². The van der Waals surface area contributed by atoms with E-state index in [1.807, 2.05) is 12.1 Å². The fourth-order valence-corrected chi connectivity index (χ4v) is 3.53. The molecule has 1 aliphatic rings. The van der Waals surface area contributed by atoms with Crippen LogP contribution in [0, 0.1) is 4.77 Å². The van der Waals surface area contributed by atoms with Crippen LogP contribution >= 0.6 is 12.2 Å². The molecular weight excluding hydrogens is 352 g/mol. The molecule has 0 spiro atoms. The number of hydrogen-bond donors (Lipinski definition) is 1. The zero-order valence-corrected chi connectivity index (χ0v) is 16.1. The van der Waals surface area contributed by atoms with Crippen LogP contribution in [0.25, 0.3) is 0 Å². The molecule has 26 heavy (non-hydrogen) atoms. The monoisotopic (exact) mass is 376 g/mol. The Kier molecular flexibility index (Phi) is 5.92. The Morgan fingerprint density at radius 1 is 1.12 bits per heavy atom. The quantitative estimate of drug-likeness (QED) is 0.611. The van der Waals surface area contributed by atoms with Gasteiger partial charge in [-0.3, -0.25) is 5.10 Å². The molecule has 0 saturated heterocycles. The van der Waals surface area contributed by atoms with Gasteiger partial charge in [0.05, 0.1) is 27.5 Å². The van der Waals surface area contributed by atoms with E-state index in [1.165, 1.54) is 19.3 Å². The van der Waals surface area contributed by atoms with E-state index >= 15 is 0 Å². The van der Waals surface area contributed by atoms with Gasteiger partial charge in [0.1, 0.15) is 0 Å². The molecule has 1 heterocycles. The summed E-state index contributed by atoms with van der Waals surface area (Å²) in [4.78, 5) is 0. The number of nitrogens with one attached hydrogen (secondary N) is 1. The molecule has 2 aromatic rings. The van der Waals surface area contributed by atoms with Gasteiger partial charge in [0, 0.05) is 11.5 Å². The normalized spacial score (nSPS) is 15.3. The third-order valence-corrected chi connectivity index (χ3v) is 4.92. The lowest BCUT2D eigenvalue weighted by molar-refractivity contribution is 0.324. The van der Waals surface area contributed by atoms with Crippen molar-refractivity contribution in [2.75, 3.05) is 21.3 Å². The van der Waals surface area contributed by atoms with Gasteiger partial charge >= 0.3 is 0 Å².